The topological polar surface area (TPSA) is 12.0 Å². The van der Waals surface area contributed by atoms with Crippen LogP contribution in [0.2, 0.25) is 0 Å². The van der Waals surface area contributed by atoms with Crippen molar-refractivity contribution in [1.29, 1.82) is 0 Å². The van der Waals surface area contributed by atoms with E-state index in [4.69, 9.17) is 0 Å². The summed E-state index contributed by atoms with van der Waals surface area (Å²) >= 11 is 0. The van der Waals surface area contributed by atoms with Gasteiger partial charge in [-0.2, -0.15) is 0 Å². The second-order valence-electron chi connectivity index (χ2n) is 4.65. The zero-order valence-electron chi connectivity index (χ0n) is 11.0. The van der Waals surface area contributed by atoms with Gasteiger partial charge in [0.15, 0.2) is 0 Å². The van der Waals surface area contributed by atoms with Crippen LogP contribution in [0.1, 0.15) is 16.7 Å². The SMILES string of the molecule is CNCc1cc(F)ccc1-c1cc(C)ccc1C. The van der Waals surface area contributed by atoms with E-state index < -0.39 is 0 Å². The minimum absolute atomic E-state index is 0.186. The lowest BCUT2D eigenvalue weighted by Crippen LogP contribution is -2.07. The Morgan fingerprint density at radius 2 is 1.78 bits per heavy atom. The summed E-state index contributed by atoms with van der Waals surface area (Å²) in [5, 5.41) is 3.09. The zero-order valence-corrected chi connectivity index (χ0v) is 11.0. The third-order valence-corrected chi connectivity index (χ3v) is 3.12. The zero-order chi connectivity index (χ0) is 13.1. The van der Waals surface area contributed by atoms with E-state index in [0.29, 0.717) is 6.54 Å². The van der Waals surface area contributed by atoms with Gasteiger partial charge in [-0.15, -0.1) is 0 Å². The Bertz CT molecular complexity index is 561. The number of hydrogen-bond acceptors (Lipinski definition) is 1. The fourth-order valence-electron chi connectivity index (χ4n) is 2.19. The smallest absolute Gasteiger partial charge is 0.123 e. The number of aryl methyl sites for hydroxylation is 2. The average molecular weight is 243 g/mol. The highest BCUT2D eigenvalue weighted by Gasteiger charge is 2.08. The van der Waals surface area contributed by atoms with Gasteiger partial charge in [0.25, 0.3) is 0 Å². The van der Waals surface area contributed by atoms with Crippen LogP contribution in [0.15, 0.2) is 36.4 Å². The van der Waals surface area contributed by atoms with Crippen LogP contribution >= 0.6 is 0 Å². The van der Waals surface area contributed by atoms with E-state index in [1.54, 1.807) is 6.07 Å². The van der Waals surface area contributed by atoms with Crippen LogP contribution in [-0.4, -0.2) is 7.05 Å². The molecule has 0 saturated heterocycles. The van der Waals surface area contributed by atoms with Gasteiger partial charge in [0, 0.05) is 6.54 Å². The molecule has 2 heteroatoms. The minimum Gasteiger partial charge on any atom is -0.316 e. The Hall–Kier alpha value is -1.67. The monoisotopic (exact) mass is 243 g/mol. The Labute approximate surface area is 108 Å². The molecule has 0 aromatic heterocycles. The molecule has 0 fully saturated rings. The average Bonchev–Trinajstić information content (AvgIpc) is 2.33. The summed E-state index contributed by atoms with van der Waals surface area (Å²) in [6.07, 6.45) is 0. The highest BCUT2D eigenvalue weighted by molar-refractivity contribution is 5.71. The van der Waals surface area contributed by atoms with E-state index in [0.717, 1.165) is 11.1 Å². The third-order valence-electron chi connectivity index (χ3n) is 3.12. The molecule has 0 saturated carbocycles. The molecule has 1 nitrogen and oxygen atoms in total. The quantitative estimate of drug-likeness (QED) is 0.864. The van der Waals surface area contributed by atoms with Crippen LogP contribution in [0.25, 0.3) is 11.1 Å². The molecule has 2 rings (SSSR count). The summed E-state index contributed by atoms with van der Waals surface area (Å²) in [6.45, 7) is 4.83. The first-order valence-corrected chi connectivity index (χ1v) is 6.12. The molecule has 0 amide bonds. The first-order valence-electron chi connectivity index (χ1n) is 6.12. The van der Waals surface area contributed by atoms with Gasteiger partial charge in [0.05, 0.1) is 0 Å². The Morgan fingerprint density at radius 3 is 2.50 bits per heavy atom. The van der Waals surface area contributed by atoms with E-state index in [2.05, 4.69) is 37.4 Å². The number of nitrogens with one attached hydrogen (secondary N) is 1. The number of halogens is 1. The van der Waals surface area contributed by atoms with Gasteiger partial charge >= 0.3 is 0 Å². The highest BCUT2D eigenvalue weighted by atomic mass is 19.1. The summed E-state index contributed by atoms with van der Waals surface area (Å²) in [5.74, 6) is -0.186. The van der Waals surface area contributed by atoms with Gasteiger partial charge in [0.1, 0.15) is 5.82 Å². The van der Waals surface area contributed by atoms with Gasteiger partial charge < -0.3 is 5.32 Å². The summed E-state index contributed by atoms with van der Waals surface area (Å²) < 4.78 is 13.3. The number of benzene rings is 2. The maximum atomic E-state index is 13.3. The number of hydrogen-bond donors (Lipinski definition) is 1. The molecule has 0 aliphatic rings. The molecular formula is C16H18FN. The lowest BCUT2D eigenvalue weighted by atomic mass is 9.94. The molecule has 0 radical (unpaired) electrons. The van der Waals surface area contributed by atoms with Crippen molar-refractivity contribution in [1.82, 2.24) is 5.32 Å². The fraction of sp³-hybridized carbons (Fsp3) is 0.250. The molecule has 0 bridgehead atoms. The van der Waals surface area contributed by atoms with Crippen molar-refractivity contribution in [2.24, 2.45) is 0 Å². The van der Waals surface area contributed by atoms with Crippen molar-refractivity contribution in [2.75, 3.05) is 7.05 Å². The second-order valence-corrected chi connectivity index (χ2v) is 4.65. The lowest BCUT2D eigenvalue weighted by Gasteiger charge is -2.13. The maximum absolute atomic E-state index is 13.3. The Balaban J connectivity index is 2.58. The standard InChI is InChI=1S/C16H18FN/c1-11-4-5-12(2)16(8-11)15-7-6-14(17)9-13(15)10-18-3/h4-9,18H,10H2,1-3H3. The van der Waals surface area contributed by atoms with Gasteiger partial charge in [-0.3, -0.25) is 0 Å². The first kappa shape index (κ1) is 12.8. The molecule has 18 heavy (non-hydrogen) atoms. The van der Waals surface area contributed by atoms with Crippen LogP contribution in [0, 0.1) is 19.7 Å². The van der Waals surface area contributed by atoms with Gasteiger partial charge in [-0.1, -0.05) is 29.8 Å². The van der Waals surface area contributed by atoms with Gasteiger partial charge in [-0.05, 0) is 55.3 Å². The van der Waals surface area contributed by atoms with E-state index >= 15 is 0 Å². The van der Waals surface area contributed by atoms with Crippen molar-refractivity contribution < 1.29 is 4.39 Å². The van der Waals surface area contributed by atoms with E-state index in [-0.39, 0.29) is 5.82 Å². The normalized spacial score (nSPS) is 10.7. The molecule has 0 atom stereocenters. The molecule has 2 aromatic rings. The Kier molecular flexibility index (Phi) is 3.78. The first-order chi connectivity index (χ1) is 8.61. The van der Waals surface area contributed by atoms with E-state index in [1.165, 1.54) is 22.8 Å². The van der Waals surface area contributed by atoms with E-state index in [1.807, 2.05) is 13.1 Å². The predicted molar refractivity (Wildman–Crippen MR) is 74.1 cm³/mol. The van der Waals surface area contributed by atoms with Crippen molar-refractivity contribution in [2.45, 2.75) is 20.4 Å². The molecule has 0 unspecified atom stereocenters. The molecule has 94 valence electrons. The lowest BCUT2D eigenvalue weighted by molar-refractivity contribution is 0.624. The summed E-state index contributed by atoms with van der Waals surface area (Å²) in [4.78, 5) is 0. The predicted octanol–water partition coefficient (Wildman–Crippen LogP) is 3.83. The summed E-state index contributed by atoms with van der Waals surface area (Å²) in [5.41, 5.74) is 5.71. The molecule has 0 aliphatic heterocycles. The highest BCUT2D eigenvalue weighted by Crippen LogP contribution is 2.28. The van der Waals surface area contributed by atoms with Crippen molar-refractivity contribution in [3.8, 4) is 11.1 Å². The van der Waals surface area contributed by atoms with Gasteiger partial charge in [0.2, 0.25) is 0 Å². The van der Waals surface area contributed by atoms with Crippen LogP contribution in [0.3, 0.4) is 0 Å². The van der Waals surface area contributed by atoms with Gasteiger partial charge in [-0.25, -0.2) is 4.39 Å². The van der Waals surface area contributed by atoms with E-state index in [9.17, 15) is 4.39 Å². The van der Waals surface area contributed by atoms with Crippen LogP contribution in [0.4, 0.5) is 4.39 Å². The van der Waals surface area contributed by atoms with Crippen molar-refractivity contribution >= 4 is 0 Å². The molecular weight excluding hydrogens is 225 g/mol. The second kappa shape index (κ2) is 5.32. The Morgan fingerprint density at radius 1 is 1.00 bits per heavy atom. The fourth-order valence-corrected chi connectivity index (χ4v) is 2.19. The number of rotatable bonds is 3. The molecule has 1 N–H and O–H groups in total. The van der Waals surface area contributed by atoms with Crippen molar-refractivity contribution in [3.05, 3.63) is 58.9 Å². The largest absolute Gasteiger partial charge is 0.316 e. The molecule has 2 aromatic carbocycles. The minimum atomic E-state index is -0.186. The van der Waals surface area contributed by atoms with Crippen molar-refractivity contribution in [3.63, 3.8) is 0 Å². The summed E-state index contributed by atoms with van der Waals surface area (Å²) in [7, 11) is 1.87. The molecule has 0 aliphatic carbocycles. The third kappa shape index (κ3) is 2.59. The van der Waals surface area contributed by atoms with Crippen LogP contribution < -0.4 is 5.32 Å². The van der Waals surface area contributed by atoms with Crippen LogP contribution in [0.5, 0.6) is 0 Å². The maximum Gasteiger partial charge on any atom is 0.123 e. The molecule has 0 spiro atoms. The summed E-state index contributed by atoms with van der Waals surface area (Å²) in [6, 6.07) is 11.4. The van der Waals surface area contributed by atoms with Crippen LogP contribution in [-0.2, 0) is 6.54 Å². The molecule has 0 heterocycles.